The molecule has 1 aliphatic carbocycles. The number of hydrogen-bond donors (Lipinski definition) is 2. The van der Waals surface area contributed by atoms with Crippen molar-refractivity contribution in [2.75, 3.05) is 6.54 Å². The summed E-state index contributed by atoms with van der Waals surface area (Å²) in [6.45, 7) is 0.396. The monoisotopic (exact) mass is 329 g/mol. The molecule has 1 fully saturated rings. The Morgan fingerprint density at radius 1 is 1.42 bits per heavy atom. The van der Waals surface area contributed by atoms with E-state index in [1.54, 1.807) is 6.07 Å². The van der Waals surface area contributed by atoms with Crippen LogP contribution >= 0.6 is 15.9 Å². The van der Waals surface area contributed by atoms with Gasteiger partial charge in [-0.2, -0.15) is 0 Å². The van der Waals surface area contributed by atoms with Crippen LogP contribution in [-0.2, 0) is 4.79 Å². The van der Waals surface area contributed by atoms with Gasteiger partial charge in [-0.1, -0.05) is 12.8 Å². The molecule has 2 atom stereocenters. The summed E-state index contributed by atoms with van der Waals surface area (Å²) in [7, 11) is 0. The van der Waals surface area contributed by atoms with Gasteiger partial charge in [0.15, 0.2) is 4.67 Å². The normalized spacial score (nSPS) is 23.0. The van der Waals surface area contributed by atoms with E-state index in [1.807, 2.05) is 0 Å². The second-order valence-corrected chi connectivity index (χ2v) is 5.53. The standard InChI is InChI=1S/C13H16BrNO4/c14-11-10(5-6-19-11)12(16)15-7-8-3-1-2-4-9(8)13(17)18/h5-6,8-9H,1-4,7H2,(H,15,16)(H,17,18). The van der Waals surface area contributed by atoms with Gasteiger partial charge in [0.1, 0.15) is 0 Å². The number of amides is 1. The van der Waals surface area contributed by atoms with Crippen molar-refractivity contribution in [2.45, 2.75) is 25.7 Å². The molecule has 0 aliphatic heterocycles. The fourth-order valence-corrected chi connectivity index (χ4v) is 2.97. The molecule has 19 heavy (non-hydrogen) atoms. The molecule has 2 unspecified atom stereocenters. The number of halogens is 1. The van der Waals surface area contributed by atoms with Gasteiger partial charge >= 0.3 is 5.97 Å². The molecule has 0 aromatic carbocycles. The molecular weight excluding hydrogens is 314 g/mol. The van der Waals surface area contributed by atoms with Gasteiger partial charge in [-0.25, -0.2) is 0 Å². The zero-order valence-electron chi connectivity index (χ0n) is 10.4. The highest BCUT2D eigenvalue weighted by Crippen LogP contribution is 2.29. The first-order valence-corrected chi connectivity index (χ1v) is 7.13. The van der Waals surface area contributed by atoms with Crippen molar-refractivity contribution in [3.05, 3.63) is 22.6 Å². The highest BCUT2D eigenvalue weighted by Gasteiger charge is 2.31. The van der Waals surface area contributed by atoms with Gasteiger partial charge in [0.05, 0.1) is 17.7 Å². The van der Waals surface area contributed by atoms with E-state index in [2.05, 4.69) is 21.2 Å². The maximum atomic E-state index is 11.9. The summed E-state index contributed by atoms with van der Waals surface area (Å²) in [6.07, 6.45) is 4.96. The van der Waals surface area contributed by atoms with Crippen LogP contribution in [0.5, 0.6) is 0 Å². The van der Waals surface area contributed by atoms with Gasteiger partial charge in [-0.3, -0.25) is 9.59 Å². The van der Waals surface area contributed by atoms with Crippen molar-refractivity contribution in [3.8, 4) is 0 Å². The average Bonchev–Trinajstić information content (AvgIpc) is 2.82. The predicted octanol–water partition coefficient (Wildman–Crippen LogP) is 2.66. The summed E-state index contributed by atoms with van der Waals surface area (Å²) in [6, 6.07) is 1.58. The third-order valence-corrected chi connectivity index (χ3v) is 4.23. The van der Waals surface area contributed by atoms with E-state index in [-0.39, 0.29) is 17.7 Å². The Kier molecular flexibility index (Phi) is 4.63. The van der Waals surface area contributed by atoms with E-state index in [9.17, 15) is 9.59 Å². The van der Waals surface area contributed by atoms with Crippen LogP contribution in [0.15, 0.2) is 21.4 Å². The molecule has 0 spiro atoms. The summed E-state index contributed by atoms with van der Waals surface area (Å²) in [5.41, 5.74) is 0.433. The SMILES string of the molecule is O=C(NCC1CCCCC1C(=O)O)c1ccoc1Br. The van der Waals surface area contributed by atoms with Crippen LogP contribution in [0.3, 0.4) is 0 Å². The van der Waals surface area contributed by atoms with Gasteiger partial charge in [-0.15, -0.1) is 0 Å². The Morgan fingerprint density at radius 3 is 2.79 bits per heavy atom. The van der Waals surface area contributed by atoms with Gasteiger partial charge < -0.3 is 14.8 Å². The Balaban J connectivity index is 1.92. The molecule has 1 aromatic heterocycles. The van der Waals surface area contributed by atoms with Crippen molar-refractivity contribution in [1.29, 1.82) is 0 Å². The summed E-state index contributed by atoms with van der Waals surface area (Å²) in [5.74, 6) is -1.33. The van der Waals surface area contributed by atoms with E-state index in [4.69, 9.17) is 9.52 Å². The summed E-state index contributed by atoms with van der Waals surface area (Å²) in [4.78, 5) is 23.1. The summed E-state index contributed by atoms with van der Waals surface area (Å²) in [5, 5.41) is 12.0. The lowest BCUT2D eigenvalue weighted by Gasteiger charge is -2.28. The van der Waals surface area contributed by atoms with Crippen LogP contribution in [0.25, 0.3) is 0 Å². The number of nitrogens with one attached hydrogen (secondary N) is 1. The third kappa shape index (κ3) is 3.37. The Bertz CT molecular complexity index is 471. The first kappa shape index (κ1) is 14.1. The number of carbonyl (C=O) groups excluding carboxylic acids is 1. The zero-order valence-corrected chi connectivity index (χ0v) is 12.0. The number of carbonyl (C=O) groups is 2. The minimum absolute atomic E-state index is 0.0147. The van der Waals surface area contributed by atoms with Crippen molar-refractivity contribution in [3.63, 3.8) is 0 Å². The molecule has 2 N–H and O–H groups in total. The van der Waals surface area contributed by atoms with Crippen molar-refractivity contribution in [1.82, 2.24) is 5.32 Å². The maximum absolute atomic E-state index is 11.9. The summed E-state index contributed by atoms with van der Waals surface area (Å²) >= 11 is 3.15. The maximum Gasteiger partial charge on any atom is 0.306 e. The molecule has 5 nitrogen and oxygen atoms in total. The van der Waals surface area contributed by atoms with Crippen LogP contribution in [0.4, 0.5) is 0 Å². The molecular formula is C13H16BrNO4. The van der Waals surface area contributed by atoms with E-state index < -0.39 is 5.97 Å². The molecule has 0 radical (unpaired) electrons. The van der Waals surface area contributed by atoms with Gasteiger partial charge in [0.25, 0.3) is 5.91 Å². The molecule has 2 rings (SSSR count). The number of carboxylic acids is 1. The van der Waals surface area contributed by atoms with Crippen molar-refractivity contribution >= 4 is 27.8 Å². The quantitative estimate of drug-likeness (QED) is 0.889. The number of rotatable bonds is 4. The molecule has 1 saturated carbocycles. The first-order chi connectivity index (χ1) is 9.09. The Labute approximate surface area is 119 Å². The average molecular weight is 330 g/mol. The second-order valence-electron chi connectivity index (χ2n) is 4.81. The Hall–Kier alpha value is -1.30. The van der Waals surface area contributed by atoms with Crippen molar-refractivity contribution in [2.24, 2.45) is 11.8 Å². The molecule has 6 heteroatoms. The molecule has 0 saturated heterocycles. The van der Waals surface area contributed by atoms with E-state index in [0.29, 0.717) is 23.2 Å². The van der Waals surface area contributed by atoms with Crippen LogP contribution in [0.1, 0.15) is 36.0 Å². The lowest BCUT2D eigenvalue weighted by molar-refractivity contribution is -0.144. The molecule has 0 bridgehead atoms. The fraction of sp³-hybridized carbons (Fsp3) is 0.538. The van der Waals surface area contributed by atoms with Crippen molar-refractivity contribution < 1.29 is 19.1 Å². The number of carboxylic acid groups (broad SMARTS) is 1. The van der Waals surface area contributed by atoms with Crippen LogP contribution in [-0.4, -0.2) is 23.5 Å². The Morgan fingerprint density at radius 2 is 2.16 bits per heavy atom. The van der Waals surface area contributed by atoms with Crippen LogP contribution < -0.4 is 5.32 Å². The molecule has 1 heterocycles. The lowest BCUT2D eigenvalue weighted by atomic mass is 9.79. The largest absolute Gasteiger partial charge is 0.481 e. The topological polar surface area (TPSA) is 79.5 Å². The molecule has 1 aromatic rings. The van der Waals surface area contributed by atoms with E-state index in [1.165, 1.54) is 6.26 Å². The minimum Gasteiger partial charge on any atom is -0.481 e. The zero-order chi connectivity index (χ0) is 13.8. The highest BCUT2D eigenvalue weighted by atomic mass is 79.9. The lowest BCUT2D eigenvalue weighted by Crippen LogP contribution is -2.37. The summed E-state index contributed by atoms with van der Waals surface area (Å²) < 4.78 is 5.39. The fourth-order valence-electron chi connectivity index (χ4n) is 2.55. The first-order valence-electron chi connectivity index (χ1n) is 6.33. The molecule has 1 aliphatic rings. The van der Waals surface area contributed by atoms with Gasteiger partial charge in [-0.05, 0) is 40.8 Å². The van der Waals surface area contributed by atoms with Crippen LogP contribution in [0, 0.1) is 11.8 Å². The minimum atomic E-state index is -0.761. The molecule has 1 amide bonds. The predicted molar refractivity (Wildman–Crippen MR) is 71.8 cm³/mol. The van der Waals surface area contributed by atoms with E-state index in [0.717, 1.165) is 19.3 Å². The van der Waals surface area contributed by atoms with E-state index >= 15 is 0 Å². The molecule has 104 valence electrons. The third-order valence-electron chi connectivity index (χ3n) is 3.61. The van der Waals surface area contributed by atoms with Crippen LogP contribution in [0.2, 0.25) is 0 Å². The number of furan rings is 1. The highest BCUT2D eigenvalue weighted by molar-refractivity contribution is 9.10. The number of aliphatic carboxylic acids is 1. The van der Waals surface area contributed by atoms with Gasteiger partial charge in [0.2, 0.25) is 0 Å². The van der Waals surface area contributed by atoms with Gasteiger partial charge in [0, 0.05) is 6.54 Å². The number of hydrogen-bond acceptors (Lipinski definition) is 3. The second kappa shape index (κ2) is 6.23. The smallest absolute Gasteiger partial charge is 0.306 e.